The third-order valence-electron chi connectivity index (χ3n) is 9.29. The van der Waals surface area contributed by atoms with Gasteiger partial charge in [-0.25, -0.2) is 0 Å². The zero-order chi connectivity index (χ0) is 33.3. The van der Waals surface area contributed by atoms with Crippen LogP contribution < -0.4 is 0 Å². The molecule has 44 heavy (non-hydrogen) atoms. The first-order valence-electron chi connectivity index (χ1n) is 18.4. The summed E-state index contributed by atoms with van der Waals surface area (Å²) < 4.78 is 48.6. The summed E-state index contributed by atoms with van der Waals surface area (Å²) in [4.78, 5) is 28.1. The largest absolute Gasteiger partial charge is 0.465 e. The maximum Gasteiger partial charge on any atom is 0.328 e. The van der Waals surface area contributed by atoms with E-state index in [4.69, 9.17) is 9.47 Å². The van der Waals surface area contributed by atoms with Crippen molar-refractivity contribution in [2.24, 2.45) is 17.3 Å². The molecule has 8 heteroatoms. The lowest BCUT2D eigenvalue weighted by molar-refractivity contribution is -0.165. The van der Waals surface area contributed by atoms with Crippen molar-refractivity contribution < 1.29 is 32.0 Å². The molecule has 3 unspecified atom stereocenters. The summed E-state index contributed by atoms with van der Waals surface area (Å²) in [6, 6.07) is 0. The van der Waals surface area contributed by atoms with Gasteiger partial charge in [-0.15, -0.1) is 0 Å². The Hall–Kier alpha value is -1.15. The lowest BCUT2D eigenvalue weighted by Gasteiger charge is -2.40. The van der Waals surface area contributed by atoms with Crippen molar-refractivity contribution in [3.05, 3.63) is 0 Å². The molecule has 0 aliphatic heterocycles. The molecule has 0 bridgehead atoms. The molecule has 0 heterocycles. The molecule has 0 aromatic heterocycles. The summed E-state index contributed by atoms with van der Waals surface area (Å²) in [5.74, 6) is -1.67. The fourth-order valence-electron chi connectivity index (χ4n) is 6.44. The third-order valence-corrected chi connectivity index (χ3v) is 10.5. The number of unbranched alkanes of at least 4 members (excludes halogenated alkanes) is 12. The van der Waals surface area contributed by atoms with Gasteiger partial charge in [0.1, 0.15) is 0 Å². The van der Waals surface area contributed by atoms with Crippen LogP contribution in [0.25, 0.3) is 0 Å². The number of esters is 2. The Labute approximate surface area is 272 Å². The monoisotopic (exact) mass is 646 g/mol. The average molecular weight is 647 g/mol. The summed E-state index contributed by atoms with van der Waals surface area (Å²) >= 11 is 0. The zero-order valence-electron chi connectivity index (χ0n) is 29.5. The summed E-state index contributed by atoms with van der Waals surface area (Å²) in [5.41, 5.74) is -1.71. The number of carbonyl (C=O) groups excluding carboxylic acids is 2. The number of hydrogen-bond donors (Lipinski definition) is 1. The van der Waals surface area contributed by atoms with Crippen LogP contribution in [-0.2, 0) is 29.2 Å². The molecule has 0 amide bonds. The van der Waals surface area contributed by atoms with Crippen molar-refractivity contribution in [3.63, 3.8) is 0 Å². The van der Waals surface area contributed by atoms with Crippen LogP contribution in [0.1, 0.15) is 183 Å². The molecule has 262 valence electrons. The molecule has 0 saturated carbocycles. The van der Waals surface area contributed by atoms with E-state index >= 15 is 0 Å². The molecule has 0 fully saturated rings. The summed E-state index contributed by atoms with van der Waals surface area (Å²) in [6.07, 6.45) is 19.3. The highest BCUT2D eigenvalue weighted by molar-refractivity contribution is 7.87. The standard InChI is InChI=1S/C36H70O7S/c1-7-13-17-19-21-23-27-42-34(37)33(44(39,40)41)36(29-31(11-5)25-15-9-3,30-32(12-6)26-16-10-4)35(38)43-28-24-22-20-18-14-8-2/h31-33H,7-30H2,1-6H3,(H,39,40,41). The Kier molecular flexibility index (Phi) is 25.3. The molecule has 3 atom stereocenters. The van der Waals surface area contributed by atoms with Gasteiger partial charge in [-0.05, 0) is 37.5 Å². The van der Waals surface area contributed by atoms with Crippen LogP contribution in [0.15, 0.2) is 0 Å². The molecule has 0 aliphatic carbocycles. The Morgan fingerprint density at radius 2 is 0.977 bits per heavy atom. The van der Waals surface area contributed by atoms with Crippen LogP contribution in [0.3, 0.4) is 0 Å². The van der Waals surface area contributed by atoms with Crippen molar-refractivity contribution in [1.29, 1.82) is 0 Å². The van der Waals surface area contributed by atoms with E-state index in [0.717, 1.165) is 109 Å². The van der Waals surface area contributed by atoms with Crippen LogP contribution in [0.4, 0.5) is 0 Å². The Balaban J connectivity index is 6.48. The highest BCUT2D eigenvalue weighted by atomic mass is 32.2. The fourth-order valence-corrected chi connectivity index (χ4v) is 7.61. The highest BCUT2D eigenvalue weighted by Crippen LogP contribution is 2.45. The van der Waals surface area contributed by atoms with Gasteiger partial charge < -0.3 is 9.47 Å². The molecular formula is C36H70O7S. The molecule has 1 N–H and O–H groups in total. The van der Waals surface area contributed by atoms with E-state index in [2.05, 4.69) is 27.7 Å². The maximum absolute atomic E-state index is 14.3. The van der Waals surface area contributed by atoms with E-state index < -0.39 is 32.7 Å². The number of hydrogen-bond acceptors (Lipinski definition) is 6. The van der Waals surface area contributed by atoms with Crippen molar-refractivity contribution >= 4 is 22.1 Å². The molecule has 7 nitrogen and oxygen atoms in total. The van der Waals surface area contributed by atoms with Crippen molar-refractivity contribution in [2.45, 2.75) is 188 Å². The molecule has 0 rings (SSSR count). The minimum atomic E-state index is -4.99. The van der Waals surface area contributed by atoms with Gasteiger partial charge >= 0.3 is 11.9 Å². The first-order chi connectivity index (χ1) is 21.1. The normalized spacial score (nSPS) is 15.3. The number of rotatable bonds is 30. The van der Waals surface area contributed by atoms with E-state index in [0.29, 0.717) is 12.8 Å². The van der Waals surface area contributed by atoms with Crippen LogP contribution in [0.2, 0.25) is 0 Å². The van der Waals surface area contributed by atoms with E-state index in [1.54, 1.807) is 0 Å². The first kappa shape index (κ1) is 42.9. The lowest BCUT2D eigenvalue weighted by atomic mass is 9.68. The lowest BCUT2D eigenvalue weighted by Crippen LogP contribution is -2.54. The molecule has 0 aromatic carbocycles. The van der Waals surface area contributed by atoms with Crippen LogP contribution in [0.5, 0.6) is 0 Å². The second kappa shape index (κ2) is 26.0. The Morgan fingerprint density at radius 1 is 0.591 bits per heavy atom. The van der Waals surface area contributed by atoms with Crippen LogP contribution in [-0.4, -0.2) is 43.4 Å². The SMILES string of the molecule is CCCCCCCCOC(=O)C(C(CC(CC)CCCC)(CC(CC)CCCC)C(=O)OCCCCCCCC)S(=O)(=O)O. The van der Waals surface area contributed by atoms with Crippen LogP contribution >= 0.6 is 0 Å². The third kappa shape index (κ3) is 17.5. The van der Waals surface area contributed by atoms with Gasteiger partial charge in [-0.1, -0.05) is 157 Å². The molecule has 0 spiro atoms. The predicted octanol–water partition coefficient (Wildman–Crippen LogP) is 10.2. The first-order valence-corrected chi connectivity index (χ1v) is 19.9. The summed E-state index contributed by atoms with van der Waals surface area (Å²) in [5, 5.41) is -2.00. The number of ether oxygens (including phenoxy) is 2. The van der Waals surface area contributed by atoms with E-state index in [9.17, 15) is 22.6 Å². The van der Waals surface area contributed by atoms with E-state index in [1.807, 2.05) is 13.8 Å². The van der Waals surface area contributed by atoms with Gasteiger partial charge in [0.05, 0.1) is 18.6 Å². The molecule has 0 aliphatic rings. The average Bonchev–Trinajstić information content (AvgIpc) is 2.99. The van der Waals surface area contributed by atoms with Crippen molar-refractivity contribution in [1.82, 2.24) is 0 Å². The van der Waals surface area contributed by atoms with Gasteiger partial charge in [0.2, 0.25) is 0 Å². The predicted molar refractivity (Wildman–Crippen MR) is 182 cm³/mol. The van der Waals surface area contributed by atoms with Crippen molar-refractivity contribution in [2.75, 3.05) is 13.2 Å². The van der Waals surface area contributed by atoms with Gasteiger partial charge in [0.25, 0.3) is 10.1 Å². The molecular weight excluding hydrogens is 576 g/mol. The Bertz CT molecular complexity index is 808. The summed E-state index contributed by atoms with van der Waals surface area (Å²) in [6.45, 7) is 12.9. The van der Waals surface area contributed by atoms with Gasteiger partial charge in [0, 0.05) is 0 Å². The van der Waals surface area contributed by atoms with Gasteiger partial charge in [0.15, 0.2) is 5.25 Å². The molecule has 0 radical (unpaired) electrons. The minimum Gasteiger partial charge on any atom is -0.465 e. The van der Waals surface area contributed by atoms with Crippen molar-refractivity contribution in [3.8, 4) is 0 Å². The fraction of sp³-hybridized carbons (Fsp3) is 0.944. The smallest absolute Gasteiger partial charge is 0.328 e. The summed E-state index contributed by atoms with van der Waals surface area (Å²) in [7, 11) is -4.99. The quantitative estimate of drug-likeness (QED) is 0.0470. The van der Waals surface area contributed by atoms with Gasteiger partial charge in [-0.3, -0.25) is 14.1 Å². The minimum absolute atomic E-state index is 0.0100. The zero-order valence-corrected chi connectivity index (χ0v) is 30.3. The van der Waals surface area contributed by atoms with Crippen LogP contribution in [0, 0.1) is 17.3 Å². The topological polar surface area (TPSA) is 107 Å². The highest BCUT2D eigenvalue weighted by Gasteiger charge is 2.58. The molecule has 0 aromatic rings. The Morgan fingerprint density at radius 3 is 1.36 bits per heavy atom. The second-order valence-electron chi connectivity index (χ2n) is 13.1. The van der Waals surface area contributed by atoms with E-state index in [1.165, 1.54) is 6.42 Å². The van der Waals surface area contributed by atoms with Gasteiger partial charge in [-0.2, -0.15) is 8.42 Å². The number of carbonyl (C=O) groups is 2. The second-order valence-corrected chi connectivity index (χ2v) is 14.6. The van der Waals surface area contributed by atoms with E-state index in [-0.39, 0.29) is 37.9 Å². The molecule has 0 saturated heterocycles. The maximum atomic E-state index is 14.3.